The number of nitrogens with zero attached hydrogens (tertiary/aromatic N) is 1. The summed E-state index contributed by atoms with van der Waals surface area (Å²) >= 11 is 2.18. The third-order valence-corrected chi connectivity index (χ3v) is 3.48. The Kier molecular flexibility index (Phi) is 5.40. The van der Waals surface area contributed by atoms with E-state index in [1.807, 2.05) is 18.2 Å². The van der Waals surface area contributed by atoms with Crippen molar-refractivity contribution in [2.45, 2.75) is 0 Å². The van der Waals surface area contributed by atoms with E-state index in [2.05, 4.69) is 27.5 Å². The topological polar surface area (TPSA) is 38.8 Å². The number of ether oxygens (including phenoxy) is 2. The second-order valence-electron chi connectivity index (χ2n) is 4.10. The molecule has 0 amide bonds. The molecule has 1 saturated heterocycles. The molecule has 0 atom stereocenters. The summed E-state index contributed by atoms with van der Waals surface area (Å²) < 4.78 is 11.6. The first-order valence-electron chi connectivity index (χ1n) is 5.98. The van der Waals surface area contributed by atoms with Gasteiger partial charge >= 0.3 is 5.97 Å². The van der Waals surface area contributed by atoms with Crippen LogP contribution in [0.3, 0.4) is 0 Å². The fourth-order valence-electron chi connectivity index (χ4n) is 1.79. The van der Waals surface area contributed by atoms with Crippen molar-refractivity contribution in [3.8, 4) is 0 Å². The molecule has 0 radical (unpaired) electrons. The van der Waals surface area contributed by atoms with Gasteiger partial charge < -0.3 is 9.47 Å². The predicted octanol–water partition coefficient (Wildman–Crippen LogP) is 1.78. The van der Waals surface area contributed by atoms with Gasteiger partial charge in [0.25, 0.3) is 0 Å². The molecule has 1 aromatic carbocycles. The summed E-state index contributed by atoms with van der Waals surface area (Å²) in [7, 11) is 0. The zero-order valence-electron chi connectivity index (χ0n) is 10.1. The molecule has 0 spiro atoms. The standard InChI is InChI=1S/C13H16INO3/c14-12-3-1-2-11(10-12)13(16)18-9-6-15-4-7-17-8-5-15/h1-3,10H,4-9H2. The van der Waals surface area contributed by atoms with Gasteiger partial charge in [-0.05, 0) is 40.8 Å². The lowest BCUT2D eigenvalue weighted by molar-refractivity contribution is 0.0195. The highest BCUT2D eigenvalue weighted by Gasteiger charge is 2.11. The summed E-state index contributed by atoms with van der Waals surface area (Å²) in [5.41, 5.74) is 0.615. The number of carbonyl (C=O) groups is 1. The predicted molar refractivity (Wildman–Crippen MR) is 76.7 cm³/mol. The number of hydrogen-bond donors (Lipinski definition) is 0. The number of benzene rings is 1. The van der Waals surface area contributed by atoms with Gasteiger partial charge in [-0.1, -0.05) is 6.07 Å². The van der Waals surface area contributed by atoms with Crippen molar-refractivity contribution in [2.75, 3.05) is 39.5 Å². The highest BCUT2D eigenvalue weighted by Crippen LogP contribution is 2.09. The van der Waals surface area contributed by atoms with Crippen molar-refractivity contribution in [1.29, 1.82) is 0 Å². The quantitative estimate of drug-likeness (QED) is 0.606. The first-order chi connectivity index (χ1) is 8.75. The van der Waals surface area contributed by atoms with E-state index < -0.39 is 0 Å². The lowest BCUT2D eigenvalue weighted by Gasteiger charge is -2.26. The molecule has 0 aliphatic carbocycles. The highest BCUT2D eigenvalue weighted by molar-refractivity contribution is 14.1. The van der Waals surface area contributed by atoms with Gasteiger partial charge in [-0.15, -0.1) is 0 Å². The highest BCUT2D eigenvalue weighted by atomic mass is 127. The summed E-state index contributed by atoms with van der Waals surface area (Å²) in [4.78, 5) is 14.0. The van der Waals surface area contributed by atoms with Crippen molar-refractivity contribution in [3.63, 3.8) is 0 Å². The normalized spacial score (nSPS) is 16.5. The zero-order chi connectivity index (χ0) is 12.8. The van der Waals surface area contributed by atoms with Crippen molar-refractivity contribution in [3.05, 3.63) is 33.4 Å². The summed E-state index contributed by atoms with van der Waals surface area (Å²) in [6, 6.07) is 7.42. The molecule has 0 saturated carbocycles. The van der Waals surface area contributed by atoms with Crippen molar-refractivity contribution in [2.24, 2.45) is 0 Å². The number of hydrogen-bond acceptors (Lipinski definition) is 4. The molecule has 1 aromatic rings. The summed E-state index contributed by atoms with van der Waals surface area (Å²) in [6.45, 7) is 4.58. The van der Waals surface area contributed by atoms with Crippen LogP contribution in [-0.4, -0.2) is 50.3 Å². The Balaban J connectivity index is 1.74. The molecular weight excluding hydrogens is 345 g/mol. The molecule has 0 bridgehead atoms. The van der Waals surface area contributed by atoms with Crippen LogP contribution in [0.4, 0.5) is 0 Å². The number of carbonyl (C=O) groups excluding carboxylic acids is 1. The van der Waals surface area contributed by atoms with Crippen molar-refractivity contribution < 1.29 is 14.3 Å². The van der Waals surface area contributed by atoms with E-state index in [-0.39, 0.29) is 5.97 Å². The molecule has 1 aliphatic heterocycles. The van der Waals surface area contributed by atoms with Gasteiger partial charge in [0.1, 0.15) is 6.61 Å². The minimum Gasteiger partial charge on any atom is -0.461 e. The smallest absolute Gasteiger partial charge is 0.338 e. The first kappa shape index (κ1) is 13.8. The number of halogens is 1. The molecule has 0 N–H and O–H groups in total. The maximum absolute atomic E-state index is 11.8. The Bertz CT molecular complexity index is 405. The van der Waals surface area contributed by atoms with Crippen LogP contribution in [0.25, 0.3) is 0 Å². The molecule has 1 fully saturated rings. The van der Waals surface area contributed by atoms with Crippen LogP contribution >= 0.6 is 22.6 Å². The van der Waals surface area contributed by atoms with E-state index in [4.69, 9.17) is 9.47 Å². The van der Waals surface area contributed by atoms with E-state index in [9.17, 15) is 4.79 Å². The molecule has 2 rings (SSSR count). The molecule has 18 heavy (non-hydrogen) atoms. The maximum atomic E-state index is 11.8. The van der Waals surface area contributed by atoms with Crippen molar-refractivity contribution in [1.82, 2.24) is 4.90 Å². The van der Waals surface area contributed by atoms with Crippen LogP contribution in [0, 0.1) is 3.57 Å². The third kappa shape index (κ3) is 4.22. The van der Waals surface area contributed by atoms with Crippen LogP contribution in [0.15, 0.2) is 24.3 Å². The Hall–Kier alpha value is -0.660. The summed E-state index contributed by atoms with van der Waals surface area (Å²) in [5, 5.41) is 0. The first-order valence-corrected chi connectivity index (χ1v) is 7.06. The molecule has 98 valence electrons. The van der Waals surface area contributed by atoms with Gasteiger partial charge in [0.2, 0.25) is 0 Å². The largest absolute Gasteiger partial charge is 0.461 e. The van der Waals surface area contributed by atoms with Crippen LogP contribution in [0.1, 0.15) is 10.4 Å². The average molecular weight is 361 g/mol. The van der Waals surface area contributed by atoms with E-state index in [1.54, 1.807) is 6.07 Å². The third-order valence-electron chi connectivity index (χ3n) is 2.80. The molecule has 1 aliphatic rings. The van der Waals surface area contributed by atoms with Gasteiger partial charge in [0.05, 0.1) is 18.8 Å². The molecule has 5 heteroatoms. The van der Waals surface area contributed by atoms with Crippen LogP contribution in [0.2, 0.25) is 0 Å². The number of morpholine rings is 1. The van der Waals surface area contributed by atoms with Crippen LogP contribution in [-0.2, 0) is 9.47 Å². The number of rotatable bonds is 4. The Morgan fingerprint density at radius 1 is 1.39 bits per heavy atom. The van der Waals surface area contributed by atoms with E-state index in [1.165, 1.54) is 0 Å². The lowest BCUT2D eigenvalue weighted by atomic mass is 10.2. The number of esters is 1. The molecular formula is C13H16INO3. The second kappa shape index (κ2) is 7.06. The molecule has 4 nitrogen and oxygen atoms in total. The van der Waals surface area contributed by atoms with Crippen molar-refractivity contribution >= 4 is 28.6 Å². The Labute approximate surface area is 120 Å². The molecule has 0 aromatic heterocycles. The second-order valence-corrected chi connectivity index (χ2v) is 5.35. The van der Waals surface area contributed by atoms with Crippen LogP contribution < -0.4 is 0 Å². The molecule has 1 heterocycles. The monoisotopic (exact) mass is 361 g/mol. The minimum atomic E-state index is -0.248. The zero-order valence-corrected chi connectivity index (χ0v) is 12.3. The Morgan fingerprint density at radius 2 is 2.17 bits per heavy atom. The van der Waals surface area contributed by atoms with E-state index >= 15 is 0 Å². The van der Waals surface area contributed by atoms with E-state index in [0.29, 0.717) is 12.2 Å². The van der Waals surface area contributed by atoms with Gasteiger partial charge in [0.15, 0.2) is 0 Å². The summed E-state index contributed by atoms with van der Waals surface area (Å²) in [6.07, 6.45) is 0. The fourth-order valence-corrected chi connectivity index (χ4v) is 2.33. The lowest BCUT2D eigenvalue weighted by Crippen LogP contribution is -2.38. The Morgan fingerprint density at radius 3 is 2.89 bits per heavy atom. The van der Waals surface area contributed by atoms with E-state index in [0.717, 1.165) is 36.4 Å². The van der Waals surface area contributed by atoms with Gasteiger partial charge in [-0.2, -0.15) is 0 Å². The SMILES string of the molecule is O=C(OCCN1CCOCC1)c1cccc(I)c1. The minimum absolute atomic E-state index is 0.248. The van der Waals surface area contributed by atoms with Crippen LogP contribution in [0.5, 0.6) is 0 Å². The van der Waals surface area contributed by atoms with Gasteiger partial charge in [-0.25, -0.2) is 4.79 Å². The van der Waals surface area contributed by atoms with Gasteiger partial charge in [0, 0.05) is 23.2 Å². The average Bonchev–Trinajstić information content (AvgIpc) is 2.40. The fraction of sp³-hybridized carbons (Fsp3) is 0.462. The summed E-state index contributed by atoms with van der Waals surface area (Å²) in [5.74, 6) is -0.248. The van der Waals surface area contributed by atoms with Gasteiger partial charge in [-0.3, -0.25) is 4.90 Å². The maximum Gasteiger partial charge on any atom is 0.338 e. The molecule has 0 unspecified atom stereocenters.